The van der Waals surface area contributed by atoms with Crippen LogP contribution in [0, 0.1) is 6.92 Å². The topological polar surface area (TPSA) is 114 Å². The summed E-state index contributed by atoms with van der Waals surface area (Å²) >= 11 is 0. The molecule has 0 aliphatic rings. The van der Waals surface area contributed by atoms with Crippen LogP contribution >= 0.6 is 0 Å². The van der Waals surface area contributed by atoms with Gasteiger partial charge < -0.3 is 25.0 Å². The smallest absolute Gasteiger partial charge is 0.408 e. The third-order valence-corrected chi connectivity index (χ3v) is 5.08. The molecule has 0 aromatic heterocycles. The molecule has 0 heterocycles. The van der Waals surface area contributed by atoms with Crippen LogP contribution in [0.25, 0.3) is 0 Å². The third kappa shape index (κ3) is 11.2. The van der Waals surface area contributed by atoms with Crippen LogP contribution < -0.4 is 10.6 Å². The lowest BCUT2D eigenvalue weighted by molar-refractivity contribution is -0.143. The molecule has 0 saturated heterocycles. The average molecular weight is 492 g/mol. The van der Waals surface area contributed by atoms with E-state index in [0.717, 1.165) is 18.4 Å². The maximum atomic E-state index is 13.4. The molecule has 196 valence electrons. The molecule has 0 spiro atoms. The minimum absolute atomic E-state index is 0.0318. The van der Waals surface area contributed by atoms with Gasteiger partial charge in [0.2, 0.25) is 11.8 Å². The van der Waals surface area contributed by atoms with E-state index in [1.54, 1.807) is 27.7 Å². The van der Waals surface area contributed by atoms with Gasteiger partial charge in [-0.2, -0.15) is 0 Å². The van der Waals surface area contributed by atoms with Gasteiger partial charge in [0.25, 0.3) is 0 Å². The summed E-state index contributed by atoms with van der Waals surface area (Å²) in [6, 6.07) is 6.45. The van der Waals surface area contributed by atoms with E-state index >= 15 is 0 Å². The van der Waals surface area contributed by atoms with Crippen LogP contribution in [0.5, 0.6) is 0 Å². The molecule has 2 N–H and O–H groups in total. The Hall–Kier alpha value is -3.10. The molecule has 0 saturated carbocycles. The van der Waals surface area contributed by atoms with E-state index < -0.39 is 35.5 Å². The number of carbonyl (C=O) groups is 4. The number of benzene rings is 1. The summed E-state index contributed by atoms with van der Waals surface area (Å²) in [4.78, 5) is 52.0. The monoisotopic (exact) mass is 491 g/mol. The highest BCUT2D eigenvalue weighted by atomic mass is 16.6. The second-order valence-corrected chi connectivity index (χ2v) is 9.25. The lowest BCUT2D eigenvalue weighted by Gasteiger charge is -2.32. The molecule has 3 amide bonds. The summed E-state index contributed by atoms with van der Waals surface area (Å²) in [7, 11) is 0. The van der Waals surface area contributed by atoms with Gasteiger partial charge in [0.1, 0.15) is 18.2 Å². The summed E-state index contributed by atoms with van der Waals surface area (Å²) in [5.41, 5.74) is 0.839. The van der Waals surface area contributed by atoms with Crippen LogP contribution in [0.15, 0.2) is 24.3 Å². The molecule has 35 heavy (non-hydrogen) atoms. The number of rotatable bonds is 13. The van der Waals surface area contributed by atoms with Crippen LogP contribution in [0.1, 0.15) is 77.5 Å². The molecule has 0 aliphatic heterocycles. The first-order chi connectivity index (χ1) is 16.5. The number of hydrogen-bond acceptors (Lipinski definition) is 6. The van der Waals surface area contributed by atoms with Crippen molar-refractivity contribution in [1.82, 2.24) is 15.5 Å². The van der Waals surface area contributed by atoms with Crippen molar-refractivity contribution in [3.63, 3.8) is 0 Å². The zero-order chi connectivity index (χ0) is 26.4. The minimum atomic E-state index is -0.914. The van der Waals surface area contributed by atoms with Gasteiger partial charge in [-0.15, -0.1) is 0 Å². The molecule has 1 unspecified atom stereocenters. The second kappa shape index (κ2) is 15.0. The third-order valence-electron chi connectivity index (χ3n) is 5.08. The van der Waals surface area contributed by atoms with Gasteiger partial charge in [0.05, 0.1) is 13.0 Å². The number of alkyl carbamates (subject to hydrolysis) is 1. The quantitative estimate of drug-likeness (QED) is 0.322. The van der Waals surface area contributed by atoms with E-state index in [1.807, 2.05) is 31.2 Å². The van der Waals surface area contributed by atoms with Crippen molar-refractivity contribution in [3.8, 4) is 0 Å². The van der Waals surface area contributed by atoms with E-state index in [4.69, 9.17) is 9.47 Å². The van der Waals surface area contributed by atoms with Gasteiger partial charge in [-0.25, -0.2) is 4.79 Å². The zero-order valence-corrected chi connectivity index (χ0v) is 21.9. The Kier molecular flexibility index (Phi) is 12.8. The molecule has 0 fully saturated rings. The van der Waals surface area contributed by atoms with Crippen LogP contribution in [0.2, 0.25) is 0 Å². The predicted molar refractivity (Wildman–Crippen MR) is 134 cm³/mol. The molecule has 0 aliphatic carbocycles. The Bertz CT molecular complexity index is 850. The normalized spacial score (nSPS) is 11.8. The van der Waals surface area contributed by atoms with Gasteiger partial charge in [0.15, 0.2) is 0 Å². The van der Waals surface area contributed by atoms with Gasteiger partial charge in [-0.1, -0.05) is 44.0 Å². The number of aryl methyl sites for hydroxylation is 1. The highest BCUT2D eigenvalue weighted by molar-refractivity contribution is 5.90. The number of hydrogen-bond donors (Lipinski definition) is 2. The second-order valence-electron chi connectivity index (χ2n) is 9.25. The predicted octanol–water partition coefficient (Wildman–Crippen LogP) is 3.65. The molecular formula is C26H41N3O6. The van der Waals surface area contributed by atoms with E-state index in [9.17, 15) is 19.2 Å². The summed E-state index contributed by atoms with van der Waals surface area (Å²) in [6.45, 7) is 11.2. The van der Waals surface area contributed by atoms with Crippen molar-refractivity contribution in [2.24, 2.45) is 0 Å². The van der Waals surface area contributed by atoms with Crippen molar-refractivity contribution in [3.05, 3.63) is 35.4 Å². The van der Waals surface area contributed by atoms with Crippen LogP contribution in [-0.4, -0.2) is 60.6 Å². The lowest BCUT2D eigenvalue weighted by atomic mass is 9.98. The maximum Gasteiger partial charge on any atom is 0.408 e. The Morgan fingerprint density at radius 3 is 2.31 bits per heavy atom. The Morgan fingerprint density at radius 1 is 1.03 bits per heavy atom. The standard InChI is InChI=1S/C26H41N3O6/c1-7-9-12-17-29(21(30)18-28-25(33)35-26(4,5)6)23(20-14-11-10-13-19(20)3)24(32)27-16-15-22(31)34-8-2/h10-11,13-14,23H,7-9,12,15-18H2,1-6H3,(H,27,32)(H,28,33). The minimum Gasteiger partial charge on any atom is -0.466 e. The van der Waals surface area contributed by atoms with Gasteiger partial charge in [-0.3, -0.25) is 14.4 Å². The number of unbranched alkanes of at least 4 members (excludes halogenated alkanes) is 2. The first-order valence-electron chi connectivity index (χ1n) is 12.2. The van der Waals surface area contributed by atoms with Crippen molar-refractivity contribution >= 4 is 23.9 Å². The zero-order valence-electron chi connectivity index (χ0n) is 21.9. The molecule has 0 radical (unpaired) electrons. The highest BCUT2D eigenvalue weighted by Gasteiger charge is 2.32. The molecule has 1 atom stereocenters. The van der Waals surface area contributed by atoms with Gasteiger partial charge in [-0.05, 0) is 52.2 Å². The highest BCUT2D eigenvalue weighted by Crippen LogP contribution is 2.25. The molecule has 0 bridgehead atoms. The largest absolute Gasteiger partial charge is 0.466 e. The maximum absolute atomic E-state index is 13.4. The van der Waals surface area contributed by atoms with Gasteiger partial charge >= 0.3 is 12.1 Å². The Labute approximate surface area is 208 Å². The van der Waals surface area contributed by atoms with Crippen LogP contribution in [-0.2, 0) is 23.9 Å². The molecular weight excluding hydrogens is 450 g/mol. The van der Waals surface area contributed by atoms with E-state index in [0.29, 0.717) is 18.5 Å². The molecule has 9 heteroatoms. The first kappa shape index (κ1) is 29.9. The Balaban J connectivity index is 3.14. The number of nitrogens with one attached hydrogen (secondary N) is 2. The van der Waals surface area contributed by atoms with E-state index in [2.05, 4.69) is 17.6 Å². The van der Waals surface area contributed by atoms with Crippen LogP contribution in [0.4, 0.5) is 4.79 Å². The molecule has 1 aromatic carbocycles. The molecule has 1 rings (SSSR count). The average Bonchev–Trinajstić information content (AvgIpc) is 2.77. The van der Waals surface area contributed by atoms with Gasteiger partial charge in [0, 0.05) is 13.1 Å². The van der Waals surface area contributed by atoms with Crippen molar-refractivity contribution in [2.75, 3.05) is 26.2 Å². The summed E-state index contributed by atoms with van der Waals surface area (Å²) in [6.07, 6.45) is 1.86. The number of nitrogens with zero attached hydrogens (tertiary/aromatic N) is 1. The fraction of sp³-hybridized carbons (Fsp3) is 0.615. The number of ether oxygens (including phenoxy) is 2. The Morgan fingerprint density at radius 2 is 1.71 bits per heavy atom. The number of amides is 3. The summed E-state index contributed by atoms with van der Waals surface area (Å²) < 4.78 is 10.2. The number of esters is 1. The van der Waals surface area contributed by atoms with E-state index in [-0.39, 0.29) is 26.1 Å². The van der Waals surface area contributed by atoms with Crippen LogP contribution in [0.3, 0.4) is 0 Å². The lowest BCUT2D eigenvalue weighted by Crippen LogP contribution is -2.48. The summed E-state index contributed by atoms with van der Waals surface area (Å²) in [5, 5.41) is 5.27. The van der Waals surface area contributed by atoms with Crippen molar-refractivity contribution in [1.29, 1.82) is 0 Å². The summed E-state index contributed by atoms with van der Waals surface area (Å²) in [5.74, 6) is -1.20. The fourth-order valence-electron chi connectivity index (χ4n) is 3.46. The number of carbonyl (C=O) groups excluding carboxylic acids is 4. The molecule has 9 nitrogen and oxygen atoms in total. The van der Waals surface area contributed by atoms with Crippen molar-refractivity contribution in [2.45, 2.75) is 78.9 Å². The SMILES string of the molecule is CCCCCN(C(=O)CNC(=O)OC(C)(C)C)C(C(=O)NCCC(=O)OCC)c1ccccc1C. The fourth-order valence-corrected chi connectivity index (χ4v) is 3.46. The molecule has 1 aromatic rings. The van der Waals surface area contributed by atoms with Crippen molar-refractivity contribution < 1.29 is 28.7 Å². The first-order valence-corrected chi connectivity index (χ1v) is 12.2. The van der Waals surface area contributed by atoms with E-state index in [1.165, 1.54) is 4.90 Å².